The molecule has 6 nitrogen and oxygen atoms in total. The van der Waals surface area contributed by atoms with E-state index in [1.165, 1.54) is 17.4 Å². The fraction of sp³-hybridized carbons (Fsp3) is 0.500. The van der Waals surface area contributed by atoms with Crippen molar-refractivity contribution in [1.29, 1.82) is 0 Å². The summed E-state index contributed by atoms with van der Waals surface area (Å²) in [6.45, 7) is 6.71. The van der Waals surface area contributed by atoms with Gasteiger partial charge in [-0.1, -0.05) is 12.7 Å². The Labute approximate surface area is 127 Å². The Bertz CT molecular complexity index is 555. The van der Waals surface area contributed by atoms with E-state index in [0.29, 0.717) is 36.0 Å². The third-order valence-corrected chi connectivity index (χ3v) is 4.53. The third-order valence-electron chi connectivity index (χ3n) is 3.37. The number of nitrogens with zero attached hydrogens (tertiary/aromatic N) is 2. The first kappa shape index (κ1) is 15.5. The van der Waals surface area contributed by atoms with Gasteiger partial charge in [-0.15, -0.1) is 11.3 Å². The Hall–Kier alpha value is -1.89. The first-order valence-electron chi connectivity index (χ1n) is 6.73. The molecule has 0 bridgehead atoms. The SMILES string of the molecule is C=CCOC(=O)N1CCC(Cc2nc(C)c(C(=O)O)s2)C1. The molecule has 1 aromatic heterocycles. The summed E-state index contributed by atoms with van der Waals surface area (Å²) >= 11 is 1.22. The van der Waals surface area contributed by atoms with E-state index in [1.54, 1.807) is 11.8 Å². The van der Waals surface area contributed by atoms with Gasteiger partial charge in [-0.05, 0) is 19.3 Å². The number of aromatic nitrogens is 1. The second-order valence-electron chi connectivity index (χ2n) is 5.00. The van der Waals surface area contributed by atoms with Gasteiger partial charge in [0, 0.05) is 19.5 Å². The standard InChI is InChI=1S/C14H18N2O4S/c1-3-6-20-14(19)16-5-4-10(8-16)7-11-15-9(2)12(21-11)13(17)18/h3,10H,1,4-8H2,2H3,(H,17,18). The van der Waals surface area contributed by atoms with E-state index in [-0.39, 0.29) is 12.7 Å². The van der Waals surface area contributed by atoms with Crippen LogP contribution in [-0.2, 0) is 11.2 Å². The van der Waals surface area contributed by atoms with Crippen molar-refractivity contribution in [1.82, 2.24) is 9.88 Å². The van der Waals surface area contributed by atoms with Gasteiger partial charge < -0.3 is 14.7 Å². The minimum absolute atomic E-state index is 0.216. The van der Waals surface area contributed by atoms with Crippen LogP contribution in [0.15, 0.2) is 12.7 Å². The van der Waals surface area contributed by atoms with Crippen LogP contribution < -0.4 is 0 Å². The fourth-order valence-electron chi connectivity index (χ4n) is 2.37. The number of amides is 1. The van der Waals surface area contributed by atoms with E-state index in [4.69, 9.17) is 9.84 Å². The predicted octanol–water partition coefficient (Wildman–Crippen LogP) is 2.34. The van der Waals surface area contributed by atoms with Crippen LogP contribution in [0.25, 0.3) is 0 Å². The molecule has 1 aliphatic heterocycles. The number of carboxylic acids is 1. The summed E-state index contributed by atoms with van der Waals surface area (Å²) in [5.74, 6) is -0.634. The summed E-state index contributed by atoms with van der Waals surface area (Å²) in [5.41, 5.74) is 0.558. The van der Waals surface area contributed by atoms with Crippen LogP contribution in [0.2, 0.25) is 0 Å². The number of carbonyl (C=O) groups excluding carboxylic acids is 1. The fourth-order valence-corrected chi connectivity index (χ4v) is 3.39. The Morgan fingerprint density at radius 1 is 1.62 bits per heavy atom. The number of likely N-dealkylation sites (tertiary alicyclic amines) is 1. The third kappa shape index (κ3) is 3.81. The minimum atomic E-state index is -0.933. The molecule has 0 spiro atoms. The summed E-state index contributed by atoms with van der Waals surface area (Å²) in [7, 11) is 0. The molecule has 21 heavy (non-hydrogen) atoms. The molecule has 2 rings (SSSR count). The lowest BCUT2D eigenvalue weighted by molar-refractivity contribution is 0.0701. The molecule has 2 heterocycles. The lowest BCUT2D eigenvalue weighted by atomic mass is 10.1. The quantitative estimate of drug-likeness (QED) is 0.844. The number of aromatic carboxylic acids is 1. The molecule has 0 aliphatic carbocycles. The second kappa shape index (κ2) is 6.71. The molecule has 1 aliphatic rings. The molecular formula is C14H18N2O4S. The van der Waals surface area contributed by atoms with E-state index >= 15 is 0 Å². The molecule has 1 aromatic rings. The van der Waals surface area contributed by atoms with Gasteiger partial charge in [-0.25, -0.2) is 14.6 Å². The van der Waals surface area contributed by atoms with Gasteiger partial charge in [-0.2, -0.15) is 0 Å². The van der Waals surface area contributed by atoms with Crippen LogP contribution in [0.1, 0.15) is 26.8 Å². The van der Waals surface area contributed by atoms with Gasteiger partial charge in [-0.3, -0.25) is 0 Å². The summed E-state index contributed by atoms with van der Waals surface area (Å²) in [5, 5.41) is 9.85. The lowest BCUT2D eigenvalue weighted by Crippen LogP contribution is -2.29. The van der Waals surface area contributed by atoms with Gasteiger partial charge in [0.1, 0.15) is 11.5 Å². The summed E-state index contributed by atoms with van der Waals surface area (Å²) in [4.78, 5) is 29.0. The molecule has 1 fully saturated rings. The predicted molar refractivity (Wildman–Crippen MR) is 78.7 cm³/mol. The maximum atomic E-state index is 11.7. The maximum absolute atomic E-state index is 11.7. The zero-order valence-electron chi connectivity index (χ0n) is 11.9. The van der Waals surface area contributed by atoms with Gasteiger partial charge in [0.25, 0.3) is 0 Å². The molecule has 1 unspecified atom stereocenters. The van der Waals surface area contributed by atoms with Crippen molar-refractivity contribution in [3.8, 4) is 0 Å². The molecule has 1 atom stereocenters. The molecule has 0 saturated carbocycles. The summed E-state index contributed by atoms with van der Waals surface area (Å²) in [6.07, 6.45) is 2.80. The second-order valence-corrected chi connectivity index (χ2v) is 6.08. The van der Waals surface area contributed by atoms with Crippen LogP contribution in [0, 0.1) is 12.8 Å². The smallest absolute Gasteiger partial charge is 0.410 e. The van der Waals surface area contributed by atoms with Gasteiger partial charge in [0.05, 0.1) is 10.7 Å². The van der Waals surface area contributed by atoms with E-state index < -0.39 is 5.97 Å². The first-order chi connectivity index (χ1) is 10.0. The normalized spacial score (nSPS) is 17.8. The highest BCUT2D eigenvalue weighted by Gasteiger charge is 2.28. The highest BCUT2D eigenvalue weighted by molar-refractivity contribution is 7.13. The van der Waals surface area contributed by atoms with Gasteiger partial charge in [0.2, 0.25) is 0 Å². The van der Waals surface area contributed by atoms with E-state index in [9.17, 15) is 9.59 Å². The van der Waals surface area contributed by atoms with Crippen molar-refractivity contribution >= 4 is 23.4 Å². The zero-order valence-corrected chi connectivity index (χ0v) is 12.7. The first-order valence-corrected chi connectivity index (χ1v) is 7.55. The van der Waals surface area contributed by atoms with Crippen LogP contribution >= 0.6 is 11.3 Å². The van der Waals surface area contributed by atoms with Crippen molar-refractivity contribution in [2.75, 3.05) is 19.7 Å². The molecule has 114 valence electrons. The zero-order chi connectivity index (χ0) is 15.4. The van der Waals surface area contributed by atoms with E-state index in [1.807, 2.05) is 0 Å². The number of carboxylic acid groups (broad SMARTS) is 1. The highest BCUT2D eigenvalue weighted by Crippen LogP contribution is 2.25. The molecular weight excluding hydrogens is 292 g/mol. The molecule has 1 N–H and O–H groups in total. The van der Waals surface area contributed by atoms with Crippen molar-refractivity contribution in [2.24, 2.45) is 5.92 Å². The molecule has 0 aromatic carbocycles. The average molecular weight is 310 g/mol. The number of carbonyl (C=O) groups is 2. The van der Waals surface area contributed by atoms with Crippen molar-refractivity contribution in [2.45, 2.75) is 19.8 Å². The van der Waals surface area contributed by atoms with Crippen LogP contribution in [0.4, 0.5) is 4.79 Å². The summed E-state index contributed by atoms with van der Waals surface area (Å²) in [6, 6.07) is 0. The van der Waals surface area contributed by atoms with Crippen LogP contribution in [0.3, 0.4) is 0 Å². The van der Waals surface area contributed by atoms with Crippen LogP contribution in [-0.4, -0.2) is 46.7 Å². The number of hydrogen-bond acceptors (Lipinski definition) is 5. The Kier molecular flexibility index (Phi) is 4.95. The Morgan fingerprint density at radius 3 is 3.00 bits per heavy atom. The Morgan fingerprint density at radius 2 is 2.38 bits per heavy atom. The largest absolute Gasteiger partial charge is 0.477 e. The average Bonchev–Trinajstić information content (AvgIpc) is 3.03. The molecule has 7 heteroatoms. The number of hydrogen-bond donors (Lipinski definition) is 1. The molecule has 1 saturated heterocycles. The minimum Gasteiger partial charge on any atom is -0.477 e. The van der Waals surface area contributed by atoms with E-state index in [2.05, 4.69) is 11.6 Å². The highest BCUT2D eigenvalue weighted by atomic mass is 32.1. The van der Waals surface area contributed by atoms with Crippen molar-refractivity contribution in [3.05, 3.63) is 28.2 Å². The van der Waals surface area contributed by atoms with Crippen molar-refractivity contribution < 1.29 is 19.4 Å². The molecule has 1 amide bonds. The number of ether oxygens (including phenoxy) is 1. The number of thiazole rings is 1. The number of aryl methyl sites for hydroxylation is 1. The van der Waals surface area contributed by atoms with E-state index in [0.717, 1.165) is 11.4 Å². The molecule has 0 radical (unpaired) electrons. The lowest BCUT2D eigenvalue weighted by Gasteiger charge is -2.15. The number of rotatable bonds is 5. The van der Waals surface area contributed by atoms with Crippen molar-refractivity contribution in [3.63, 3.8) is 0 Å². The maximum Gasteiger partial charge on any atom is 0.410 e. The summed E-state index contributed by atoms with van der Waals surface area (Å²) < 4.78 is 5.01. The van der Waals surface area contributed by atoms with Crippen LogP contribution in [0.5, 0.6) is 0 Å². The van der Waals surface area contributed by atoms with Gasteiger partial charge in [0.15, 0.2) is 0 Å². The monoisotopic (exact) mass is 310 g/mol. The van der Waals surface area contributed by atoms with Gasteiger partial charge >= 0.3 is 12.1 Å². The Balaban J connectivity index is 1.90. The topological polar surface area (TPSA) is 79.7 Å².